The van der Waals surface area contributed by atoms with E-state index in [0.717, 1.165) is 28.8 Å². The highest BCUT2D eigenvalue weighted by Crippen LogP contribution is 2.28. The predicted octanol–water partition coefficient (Wildman–Crippen LogP) is 1.60. The minimum Gasteiger partial charge on any atom is -0.350 e. The summed E-state index contributed by atoms with van der Waals surface area (Å²) in [6, 6.07) is 7.37. The summed E-state index contributed by atoms with van der Waals surface area (Å²) < 4.78 is 3.93. The first kappa shape index (κ1) is 12.8. The molecule has 0 spiro atoms. The molecule has 1 aromatic carbocycles. The summed E-state index contributed by atoms with van der Waals surface area (Å²) in [6.07, 6.45) is 2.60. The van der Waals surface area contributed by atoms with E-state index < -0.39 is 0 Å². The van der Waals surface area contributed by atoms with Gasteiger partial charge in [0.15, 0.2) is 12.1 Å². The van der Waals surface area contributed by atoms with Crippen LogP contribution < -0.4 is 5.32 Å². The summed E-state index contributed by atoms with van der Waals surface area (Å²) in [5, 5.41) is 2.90. The van der Waals surface area contributed by atoms with Gasteiger partial charge in [-0.25, -0.2) is 4.98 Å². The highest BCUT2D eigenvalue weighted by atomic mass is 16.1. The van der Waals surface area contributed by atoms with Gasteiger partial charge >= 0.3 is 0 Å². The van der Waals surface area contributed by atoms with E-state index in [2.05, 4.69) is 10.3 Å². The fraction of sp³-hybridized carbons (Fsp3) is 0.188. The van der Waals surface area contributed by atoms with Crippen molar-refractivity contribution < 1.29 is 9.59 Å². The Morgan fingerprint density at radius 1 is 1.36 bits per heavy atom. The molecule has 0 radical (unpaired) electrons. The molecule has 0 unspecified atom stereocenters. The van der Waals surface area contributed by atoms with Gasteiger partial charge in [0, 0.05) is 31.9 Å². The van der Waals surface area contributed by atoms with E-state index in [4.69, 9.17) is 0 Å². The zero-order valence-corrected chi connectivity index (χ0v) is 12.0. The molecule has 6 nitrogen and oxygen atoms in total. The Morgan fingerprint density at radius 2 is 2.23 bits per heavy atom. The lowest BCUT2D eigenvalue weighted by Crippen LogP contribution is -2.24. The summed E-state index contributed by atoms with van der Waals surface area (Å²) in [5.74, 6) is 0.700. The number of carbonyl (C=O) groups excluding carboxylic acids is 2. The third-order valence-corrected chi connectivity index (χ3v) is 4.02. The second-order valence-electron chi connectivity index (χ2n) is 5.40. The molecule has 0 saturated carbocycles. The first-order valence-corrected chi connectivity index (χ1v) is 7.08. The summed E-state index contributed by atoms with van der Waals surface area (Å²) in [6.45, 7) is 1.20. The van der Waals surface area contributed by atoms with Crippen LogP contribution in [-0.4, -0.2) is 32.9 Å². The maximum Gasteiger partial charge on any atom is 0.253 e. The molecule has 0 saturated heterocycles. The molecule has 2 aromatic heterocycles. The van der Waals surface area contributed by atoms with Gasteiger partial charge in [0.2, 0.25) is 0 Å². The number of hydrogen-bond donors (Lipinski definition) is 1. The molecule has 0 atom stereocenters. The van der Waals surface area contributed by atoms with Gasteiger partial charge < -0.3 is 14.5 Å². The van der Waals surface area contributed by atoms with Crippen molar-refractivity contribution in [2.45, 2.75) is 6.54 Å². The van der Waals surface area contributed by atoms with Crippen LogP contribution in [0.25, 0.3) is 22.6 Å². The summed E-state index contributed by atoms with van der Waals surface area (Å²) >= 11 is 0. The average molecular weight is 294 g/mol. The Balaban J connectivity index is 2.05. The Hall–Kier alpha value is -2.89. The zero-order valence-electron chi connectivity index (χ0n) is 12.0. The Bertz CT molecular complexity index is 920. The van der Waals surface area contributed by atoms with E-state index >= 15 is 0 Å². The molecular weight excluding hydrogens is 280 g/mol. The highest BCUT2D eigenvalue weighted by molar-refractivity contribution is 6.06. The molecule has 22 heavy (non-hydrogen) atoms. The minimum absolute atomic E-state index is 0.0729. The summed E-state index contributed by atoms with van der Waals surface area (Å²) in [4.78, 5) is 27.8. The first-order chi connectivity index (χ1) is 10.7. The summed E-state index contributed by atoms with van der Waals surface area (Å²) in [7, 11) is 1.88. The third kappa shape index (κ3) is 1.70. The number of nitrogens with zero attached hydrogens (tertiary/aromatic N) is 3. The number of benzene rings is 1. The molecular formula is C16H14N4O2. The lowest BCUT2D eigenvalue weighted by atomic mass is 10.2. The standard InChI is InChI=1S/C16H14N4O2/c1-19-8-10(9-21)7-13(19)15-18-12-4-2-3-11-14(12)20(15)6-5-17-16(11)22/h2-4,7-9H,5-6H2,1H3,(H,17,22). The van der Waals surface area contributed by atoms with Crippen molar-refractivity contribution in [3.8, 4) is 11.5 Å². The molecule has 6 heteroatoms. The SMILES string of the molecule is Cn1cc(C=O)cc1-c1nc2cccc3c2n1CCNC3=O. The van der Waals surface area contributed by atoms with Crippen LogP contribution in [0, 0.1) is 0 Å². The molecule has 0 fully saturated rings. The van der Waals surface area contributed by atoms with Gasteiger partial charge in [0.1, 0.15) is 0 Å². The maximum absolute atomic E-state index is 12.2. The predicted molar refractivity (Wildman–Crippen MR) is 81.9 cm³/mol. The van der Waals surface area contributed by atoms with Crippen LogP contribution >= 0.6 is 0 Å². The number of amides is 1. The van der Waals surface area contributed by atoms with Crippen LogP contribution in [0.1, 0.15) is 20.7 Å². The summed E-state index contributed by atoms with van der Waals surface area (Å²) in [5.41, 5.74) is 3.75. The molecule has 4 rings (SSSR count). The van der Waals surface area contributed by atoms with Crippen molar-refractivity contribution in [3.05, 3.63) is 41.6 Å². The van der Waals surface area contributed by atoms with Gasteiger partial charge in [-0.15, -0.1) is 0 Å². The van der Waals surface area contributed by atoms with Crippen molar-refractivity contribution in [3.63, 3.8) is 0 Å². The molecule has 1 amide bonds. The van der Waals surface area contributed by atoms with E-state index in [1.54, 1.807) is 6.20 Å². The van der Waals surface area contributed by atoms with Crippen LogP contribution in [-0.2, 0) is 13.6 Å². The largest absolute Gasteiger partial charge is 0.350 e. The third-order valence-electron chi connectivity index (χ3n) is 4.02. The van der Waals surface area contributed by atoms with Crippen LogP contribution in [0.5, 0.6) is 0 Å². The maximum atomic E-state index is 12.2. The van der Waals surface area contributed by atoms with Crippen molar-refractivity contribution >= 4 is 23.2 Å². The number of carbonyl (C=O) groups is 2. The van der Waals surface area contributed by atoms with Crippen molar-refractivity contribution in [1.82, 2.24) is 19.4 Å². The Labute approximate surface area is 126 Å². The van der Waals surface area contributed by atoms with Crippen molar-refractivity contribution in [1.29, 1.82) is 0 Å². The number of aryl methyl sites for hydroxylation is 1. The van der Waals surface area contributed by atoms with Gasteiger partial charge in [0.25, 0.3) is 5.91 Å². The van der Waals surface area contributed by atoms with Gasteiger partial charge in [0.05, 0.1) is 22.3 Å². The van der Waals surface area contributed by atoms with E-state index in [9.17, 15) is 9.59 Å². The lowest BCUT2D eigenvalue weighted by molar-refractivity contribution is 0.0956. The van der Waals surface area contributed by atoms with E-state index in [1.165, 1.54) is 0 Å². The van der Waals surface area contributed by atoms with Crippen LogP contribution in [0.15, 0.2) is 30.5 Å². The smallest absolute Gasteiger partial charge is 0.253 e. The van der Waals surface area contributed by atoms with Crippen LogP contribution in [0.4, 0.5) is 0 Å². The molecule has 1 aliphatic rings. The minimum atomic E-state index is -0.0729. The van der Waals surface area contributed by atoms with Crippen LogP contribution in [0.2, 0.25) is 0 Å². The van der Waals surface area contributed by atoms with Gasteiger partial charge in [-0.1, -0.05) is 6.07 Å². The lowest BCUT2D eigenvalue weighted by Gasteiger charge is -2.07. The molecule has 0 aliphatic carbocycles. The van der Waals surface area contributed by atoms with Gasteiger partial charge in [-0.3, -0.25) is 9.59 Å². The average Bonchev–Trinajstić information content (AvgIpc) is 3.01. The number of aldehydes is 1. The van der Waals surface area contributed by atoms with E-state index in [-0.39, 0.29) is 5.91 Å². The Morgan fingerprint density at radius 3 is 3.00 bits per heavy atom. The quantitative estimate of drug-likeness (QED) is 0.730. The Kier molecular flexibility index (Phi) is 2.66. The van der Waals surface area contributed by atoms with Crippen molar-refractivity contribution in [2.24, 2.45) is 7.05 Å². The molecule has 3 heterocycles. The van der Waals surface area contributed by atoms with E-state index in [0.29, 0.717) is 24.2 Å². The number of imidazole rings is 1. The fourth-order valence-electron chi connectivity index (χ4n) is 3.04. The number of hydrogen-bond acceptors (Lipinski definition) is 3. The fourth-order valence-corrected chi connectivity index (χ4v) is 3.04. The molecule has 110 valence electrons. The number of nitrogens with one attached hydrogen (secondary N) is 1. The van der Waals surface area contributed by atoms with Gasteiger partial charge in [-0.05, 0) is 18.2 Å². The molecule has 0 bridgehead atoms. The van der Waals surface area contributed by atoms with E-state index in [1.807, 2.05) is 40.4 Å². The highest BCUT2D eigenvalue weighted by Gasteiger charge is 2.22. The number of aromatic nitrogens is 3. The first-order valence-electron chi connectivity index (χ1n) is 7.08. The van der Waals surface area contributed by atoms with Crippen LogP contribution in [0.3, 0.4) is 0 Å². The monoisotopic (exact) mass is 294 g/mol. The zero-order chi connectivity index (χ0) is 15.3. The topological polar surface area (TPSA) is 68.9 Å². The molecule has 1 aliphatic heterocycles. The second kappa shape index (κ2) is 4.56. The number of para-hydroxylation sites is 1. The van der Waals surface area contributed by atoms with Crippen molar-refractivity contribution in [2.75, 3.05) is 6.54 Å². The number of rotatable bonds is 2. The second-order valence-corrected chi connectivity index (χ2v) is 5.40. The van der Waals surface area contributed by atoms with Gasteiger partial charge in [-0.2, -0.15) is 0 Å². The molecule has 1 N–H and O–H groups in total. The normalized spacial score (nSPS) is 14.0. The molecule has 3 aromatic rings.